The van der Waals surface area contributed by atoms with E-state index in [9.17, 15) is 0 Å². The fourth-order valence-corrected chi connectivity index (χ4v) is 2.23. The van der Waals surface area contributed by atoms with E-state index in [2.05, 4.69) is 31.3 Å². The van der Waals surface area contributed by atoms with E-state index >= 15 is 0 Å². The van der Waals surface area contributed by atoms with Crippen LogP contribution in [0.5, 0.6) is 5.75 Å². The molecule has 0 amide bonds. The minimum absolute atomic E-state index is 0.548. The first-order chi connectivity index (χ1) is 10.3. The number of rotatable bonds is 9. The van der Waals surface area contributed by atoms with Gasteiger partial charge in [0.2, 0.25) is 0 Å². The number of hydrogen-bond donors (Lipinski definition) is 1. The van der Waals surface area contributed by atoms with E-state index < -0.39 is 0 Å². The first-order valence-corrected chi connectivity index (χ1v) is 7.81. The number of hydrogen-bond acceptors (Lipinski definition) is 3. The van der Waals surface area contributed by atoms with Crippen LogP contribution < -0.4 is 10.1 Å². The van der Waals surface area contributed by atoms with Crippen molar-refractivity contribution in [2.24, 2.45) is 0 Å². The molecule has 0 unspecified atom stereocenters. The van der Waals surface area contributed by atoms with Crippen LogP contribution in [0.25, 0.3) is 0 Å². The summed E-state index contributed by atoms with van der Waals surface area (Å²) >= 11 is 0. The number of furan rings is 1. The van der Waals surface area contributed by atoms with Crippen LogP contribution in [0.2, 0.25) is 0 Å². The Morgan fingerprint density at radius 2 is 1.86 bits per heavy atom. The number of nitrogens with one attached hydrogen (secondary N) is 1. The zero-order valence-electron chi connectivity index (χ0n) is 13.0. The van der Waals surface area contributed by atoms with E-state index in [1.54, 1.807) is 6.26 Å². The molecule has 0 aliphatic rings. The summed E-state index contributed by atoms with van der Waals surface area (Å²) in [5, 5.41) is 3.35. The fourth-order valence-electron chi connectivity index (χ4n) is 2.23. The lowest BCUT2D eigenvalue weighted by Gasteiger charge is -2.08. The molecule has 0 atom stereocenters. The lowest BCUT2D eigenvalue weighted by atomic mass is 10.1. The van der Waals surface area contributed by atoms with Gasteiger partial charge in [0.25, 0.3) is 0 Å². The Labute approximate surface area is 127 Å². The van der Waals surface area contributed by atoms with E-state index in [4.69, 9.17) is 9.15 Å². The van der Waals surface area contributed by atoms with E-state index in [0.717, 1.165) is 43.0 Å². The van der Waals surface area contributed by atoms with Crippen molar-refractivity contribution in [2.75, 3.05) is 6.54 Å². The van der Waals surface area contributed by atoms with Gasteiger partial charge in [-0.3, -0.25) is 0 Å². The van der Waals surface area contributed by atoms with Crippen molar-refractivity contribution in [3.63, 3.8) is 0 Å². The van der Waals surface area contributed by atoms with Gasteiger partial charge in [-0.15, -0.1) is 0 Å². The van der Waals surface area contributed by atoms with Gasteiger partial charge in [-0.1, -0.05) is 32.4 Å². The van der Waals surface area contributed by atoms with Gasteiger partial charge >= 0.3 is 0 Å². The van der Waals surface area contributed by atoms with Crippen LogP contribution >= 0.6 is 0 Å². The van der Waals surface area contributed by atoms with Crippen molar-refractivity contribution in [3.05, 3.63) is 53.5 Å². The van der Waals surface area contributed by atoms with Crippen molar-refractivity contribution in [2.45, 2.75) is 46.3 Å². The van der Waals surface area contributed by atoms with Gasteiger partial charge in [0, 0.05) is 5.56 Å². The molecule has 1 N–H and O–H groups in total. The molecule has 0 bridgehead atoms. The Bertz CT molecular complexity index is 516. The molecular formula is C18H25NO2. The van der Waals surface area contributed by atoms with Crippen LogP contribution in [-0.2, 0) is 19.6 Å². The highest BCUT2D eigenvalue weighted by Gasteiger charge is 2.06. The maximum Gasteiger partial charge on any atom is 0.124 e. The second-order valence-electron chi connectivity index (χ2n) is 5.23. The van der Waals surface area contributed by atoms with Crippen LogP contribution in [0.15, 0.2) is 41.0 Å². The van der Waals surface area contributed by atoms with Crippen LogP contribution in [0, 0.1) is 0 Å². The van der Waals surface area contributed by atoms with E-state index in [1.807, 2.05) is 18.2 Å². The van der Waals surface area contributed by atoms with Crippen molar-refractivity contribution in [1.82, 2.24) is 5.32 Å². The summed E-state index contributed by atoms with van der Waals surface area (Å²) < 4.78 is 11.4. The molecule has 0 radical (unpaired) electrons. The van der Waals surface area contributed by atoms with Crippen LogP contribution in [0.4, 0.5) is 0 Å². The maximum atomic E-state index is 5.84. The Morgan fingerprint density at radius 3 is 2.57 bits per heavy atom. The van der Waals surface area contributed by atoms with E-state index in [0.29, 0.717) is 6.61 Å². The zero-order chi connectivity index (χ0) is 14.9. The number of ether oxygens (including phenoxy) is 1. The van der Waals surface area contributed by atoms with E-state index in [1.165, 1.54) is 12.0 Å². The third kappa shape index (κ3) is 4.94. The lowest BCUT2D eigenvalue weighted by molar-refractivity contribution is 0.301. The molecule has 1 aromatic carbocycles. The van der Waals surface area contributed by atoms with Crippen LogP contribution in [0.1, 0.15) is 43.6 Å². The zero-order valence-corrected chi connectivity index (χ0v) is 13.0. The second-order valence-corrected chi connectivity index (χ2v) is 5.23. The van der Waals surface area contributed by atoms with Crippen molar-refractivity contribution >= 4 is 0 Å². The van der Waals surface area contributed by atoms with Gasteiger partial charge < -0.3 is 14.5 Å². The molecule has 0 spiro atoms. The number of aryl methyl sites for hydroxylation is 1. The molecule has 3 heteroatoms. The molecule has 1 heterocycles. The summed E-state index contributed by atoms with van der Waals surface area (Å²) in [6.45, 7) is 6.65. The predicted octanol–water partition coefficient (Wildman–Crippen LogP) is 4.31. The largest absolute Gasteiger partial charge is 0.489 e. The van der Waals surface area contributed by atoms with Crippen molar-refractivity contribution < 1.29 is 9.15 Å². The molecule has 21 heavy (non-hydrogen) atoms. The highest BCUT2D eigenvalue weighted by Crippen LogP contribution is 2.17. The van der Waals surface area contributed by atoms with Gasteiger partial charge in [-0.2, -0.15) is 0 Å². The molecule has 0 fully saturated rings. The van der Waals surface area contributed by atoms with E-state index in [-0.39, 0.29) is 0 Å². The minimum Gasteiger partial charge on any atom is -0.489 e. The van der Waals surface area contributed by atoms with Crippen molar-refractivity contribution in [3.8, 4) is 5.75 Å². The predicted molar refractivity (Wildman–Crippen MR) is 85.5 cm³/mol. The Hall–Kier alpha value is -1.74. The molecule has 3 nitrogen and oxygen atoms in total. The van der Waals surface area contributed by atoms with Gasteiger partial charge in [0.05, 0.1) is 12.8 Å². The third-order valence-electron chi connectivity index (χ3n) is 3.41. The summed E-state index contributed by atoms with van der Waals surface area (Å²) in [5.74, 6) is 1.87. The molecule has 0 aliphatic heterocycles. The monoisotopic (exact) mass is 287 g/mol. The lowest BCUT2D eigenvalue weighted by Crippen LogP contribution is -2.14. The Balaban J connectivity index is 1.86. The molecular weight excluding hydrogens is 262 g/mol. The van der Waals surface area contributed by atoms with Crippen LogP contribution in [-0.4, -0.2) is 6.54 Å². The molecule has 0 aliphatic carbocycles. The summed E-state index contributed by atoms with van der Waals surface area (Å²) in [5.41, 5.74) is 2.47. The topological polar surface area (TPSA) is 34.4 Å². The average Bonchev–Trinajstić information content (AvgIpc) is 2.95. The quantitative estimate of drug-likeness (QED) is 0.698. The SMILES string of the molecule is CCCNCc1occc1COc1ccc(CCC)cc1. The standard InChI is InChI=1S/C18H25NO2/c1-3-5-15-6-8-17(9-7-15)21-14-16-10-12-20-18(16)13-19-11-4-2/h6-10,12,19H,3-5,11,13-14H2,1-2H3. The molecule has 2 rings (SSSR count). The van der Waals surface area contributed by atoms with Crippen LogP contribution in [0.3, 0.4) is 0 Å². The summed E-state index contributed by atoms with van der Waals surface area (Å²) in [7, 11) is 0. The Morgan fingerprint density at radius 1 is 1.05 bits per heavy atom. The van der Waals surface area contributed by atoms with Gasteiger partial charge in [-0.25, -0.2) is 0 Å². The highest BCUT2D eigenvalue weighted by molar-refractivity contribution is 5.28. The van der Waals surface area contributed by atoms with Crippen molar-refractivity contribution in [1.29, 1.82) is 0 Å². The second kappa shape index (κ2) is 8.53. The molecule has 2 aromatic rings. The van der Waals surface area contributed by atoms with Gasteiger partial charge in [0.15, 0.2) is 0 Å². The Kier molecular flexibility index (Phi) is 6.35. The normalized spacial score (nSPS) is 10.8. The van der Waals surface area contributed by atoms with Gasteiger partial charge in [-0.05, 0) is 43.1 Å². The fraction of sp³-hybridized carbons (Fsp3) is 0.444. The molecule has 0 saturated heterocycles. The third-order valence-corrected chi connectivity index (χ3v) is 3.41. The summed E-state index contributed by atoms with van der Waals surface area (Å²) in [4.78, 5) is 0. The first-order valence-electron chi connectivity index (χ1n) is 7.81. The minimum atomic E-state index is 0.548. The average molecular weight is 287 g/mol. The highest BCUT2D eigenvalue weighted by atomic mass is 16.5. The molecule has 1 aromatic heterocycles. The smallest absolute Gasteiger partial charge is 0.124 e. The first kappa shape index (κ1) is 15.6. The summed E-state index contributed by atoms with van der Waals surface area (Å²) in [6, 6.07) is 10.3. The molecule has 114 valence electrons. The maximum absolute atomic E-state index is 5.84. The summed E-state index contributed by atoms with van der Waals surface area (Å²) in [6.07, 6.45) is 5.14. The number of benzene rings is 1. The molecule has 0 saturated carbocycles. The van der Waals surface area contributed by atoms with Gasteiger partial charge in [0.1, 0.15) is 18.1 Å².